The molecule has 108 valence electrons. The van der Waals surface area contributed by atoms with Crippen LogP contribution in [0.5, 0.6) is 0 Å². The number of carbonyl (C=O) groups excluding carboxylic acids is 1. The summed E-state index contributed by atoms with van der Waals surface area (Å²) >= 11 is 0. The lowest BCUT2D eigenvalue weighted by molar-refractivity contribution is -0.141. The third-order valence-electron chi connectivity index (χ3n) is 3.43. The first-order valence-electron chi connectivity index (χ1n) is 6.20. The van der Waals surface area contributed by atoms with Gasteiger partial charge in [-0.2, -0.15) is 0 Å². The summed E-state index contributed by atoms with van der Waals surface area (Å²) in [5.74, 6) is -1.68. The van der Waals surface area contributed by atoms with Crippen LogP contribution in [-0.4, -0.2) is 52.7 Å². The predicted octanol–water partition coefficient (Wildman–Crippen LogP) is -0.00258. The monoisotopic (exact) mass is 280 g/mol. The minimum absolute atomic E-state index is 0.0568. The molecule has 7 heteroatoms. The molecule has 1 aliphatic rings. The van der Waals surface area contributed by atoms with E-state index in [0.29, 0.717) is 5.69 Å². The first-order valence-corrected chi connectivity index (χ1v) is 6.20. The van der Waals surface area contributed by atoms with Crippen molar-refractivity contribution in [3.05, 3.63) is 33.7 Å². The Morgan fingerprint density at radius 2 is 2.15 bits per heavy atom. The molecule has 2 rings (SSSR count). The van der Waals surface area contributed by atoms with Crippen molar-refractivity contribution in [3.63, 3.8) is 0 Å². The topological polar surface area (TPSA) is 99.7 Å². The minimum Gasteiger partial charge on any atom is -0.480 e. The van der Waals surface area contributed by atoms with Crippen LogP contribution in [-0.2, 0) is 9.53 Å². The largest absolute Gasteiger partial charge is 0.480 e. The Morgan fingerprint density at radius 1 is 1.45 bits per heavy atom. The zero-order chi connectivity index (χ0) is 14.9. The lowest BCUT2D eigenvalue weighted by Gasteiger charge is -2.20. The van der Waals surface area contributed by atoms with Crippen LogP contribution < -0.4 is 5.56 Å². The minimum atomic E-state index is -1.10. The average Bonchev–Trinajstić information content (AvgIpc) is 2.82. The second-order valence-electron chi connectivity index (χ2n) is 4.79. The maximum Gasteiger partial charge on any atom is 0.326 e. The van der Waals surface area contributed by atoms with Gasteiger partial charge in [-0.15, -0.1) is 0 Å². The van der Waals surface area contributed by atoms with Gasteiger partial charge in [-0.25, -0.2) is 4.79 Å². The number of rotatable bonds is 3. The van der Waals surface area contributed by atoms with Crippen LogP contribution in [0.4, 0.5) is 0 Å². The number of aromatic amines is 1. The number of aliphatic carboxylic acids is 1. The molecule has 2 atom stereocenters. The van der Waals surface area contributed by atoms with Crippen molar-refractivity contribution in [2.75, 3.05) is 13.7 Å². The molecule has 0 spiro atoms. The highest BCUT2D eigenvalue weighted by molar-refractivity contribution is 5.96. The summed E-state index contributed by atoms with van der Waals surface area (Å²) in [6.07, 6.45) is -0.106. The van der Waals surface area contributed by atoms with Crippen LogP contribution in [0.3, 0.4) is 0 Å². The molecule has 0 aromatic carbocycles. The fourth-order valence-electron chi connectivity index (χ4n) is 2.32. The molecule has 7 nitrogen and oxygen atoms in total. The Bertz CT molecular complexity index is 595. The van der Waals surface area contributed by atoms with E-state index in [1.807, 2.05) is 0 Å². The van der Waals surface area contributed by atoms with Crippen LogP contribution in [0, 0.1) is 6.92 Å². The third-order valence-corrected chi connectivity index (χ3v) is 3.43. The molecule has 0 radical (unpaired) electrons. The zero-order valence-corrected chi connectivity index (χ0v) is 11.3. The Balaban J connectivity index is 2.31. The molecule has 2 unspecified atom stereocenters. The number of nitrogens with one attached hydrogen (secondary N) is 1. The lowest BCUT2D eigenvalue weighted by atomic mass is 10.2. The van der Waals surface area contributed by atoms with Crippen LogP contribution in [0.2, 0.25) is 0 Å². The number of amides is 1. The molecule has 1 fully saturated rings. The highest BCUT2D eigenvalue weighted by atomic mass is 16.5. The molecule has 0 aliphatic carbocycles. The Hall–Kier alpha value is -2.15. The van der Waals surface area contributed by atoms with Crippen molar-refractivity contribution in [1.82, 2.24) is 9.88 Å². The van der Waals surface area contributed by atoms with Crippen LogP contribution in [0.1, 0.15) is 22.5 Å². The molecule has 20 heavy (non-hydrogen) atoms. The molecule has 1 saturated heterocycles. The SMILES string of the molecule is COC1CC(C(=O)O)N(C(=O)c2ccc(C)[nH]c2=O)C1. The number of aryl methyl sites for hydroxylation is 1. The molecule has 1 amide bonds. The van der Waals surface area contributed by atoms with E-state index in [1.54, 1.807) is 13.0 Å². The molecule has 2 N–H and O–H groups in total. The highest BCUT2D eigenvalue weighted by Crippen LogP contribution is 2.21. The standard InChI is InChI=1S/C13H16N2O5/c1-7-3-4-9(11(16)14-7)12(17)15-6-8(20-2)5-10(15)13(18)19/h3-4,8,10H,5-6H2,1-2H3,(H,14,16)(H,18,19). The maximum absolute atomic E-state index is 12.3. The number of methoxy groups -OCH3 is 1. The molecule has 0 bridgehead atoms. The number of hydrogen-bond acceptors (Lipinski definition) is 4. The number of carboxylic acid groups (broad SMARTS) is 1. The van der Waals surface area contributed by atoms with Crippen molar-refractivity contribution < 1.29 is 19.4 Å². The van der Waals surface area contributed by atoms with Crippen molar-refractivity contribution >= 4 is 11.9 Å². The molecular weight excluding hydrogens is 264 g/mol. The average molecular weight is 280 g/mol. The van der Waals surface area contributed by atoms with Crippen LogP contribution in [0.25, 0.3) is 0 Å². The molecule has 2 heterocycles. The Morgan fingerprint density at radius 3 is 2.70 bits per heavy atom. The number of carbonyl (C=O) groups is 2. The predicted molar refractivity (Wildman–Crippen MR) is 69.7 cm³/mol. The fraction of sp³-hybridized carbons (Fsp3) is 0.462. The first kappa shape index (κ1) is 14.3. The Kier molecular flexibility index (Phi) is 3.89. The fourth-order valence-corrected chi connectivity index (χ4v) is 2.32. The summed E-state index contributed by atoms with van der Waals surface area (Å²) in [7, 11) is 1.47. The summed E-state index contributed by atoms with van der Waals surface area (Å²) in [6, 6.07) is 2.05. The van der Waals surface area contributed by atoms with E-state index in [2.05, 4.69) is 4.98 Å². The van der Waals surface area contributed by atoms with Gasteiger partial charge in [0.05, 0.1) is 6.10 Å². The summed E-state index contributed by atoms with van der Waals surface area (Å²) in [5.41, 5.74) is 0.0659. The van der Waals surface area contributed by atoms with Gasteiger partial charge in [0.1, 0.15) is 11.6 Å². The third kappa shape index (κ3) is 2.57. The summed E-state index contributed by atoms with van der Waals surface area (Å²) in [5, 5.41) is 9.17. The highest BCUT2D eigenvalue weighted by Gasteiger charge is 2.40. The van der Waals surface area contributed by atoms with Gasteiger partial charge in [-0.05, 0) is 19.1 Å². The molecule has 0 saturated carbocycles. The number of aromatic nitrogens is 1. The van der Waals surface area contributed by atoms with E-state index in [-0.39, 0.29) is 24.6 Å². The normalized spacial score (nSPS) is 22.0. The van der Waals surface area contributed by atoms with Crippen molar-refractivity contribution in [1.29, 1.82) is 0 Å². The second kappa shape index (κ2) is 5.46. The number of ether oxygens (including phenoxy) is 1. The van der Waals surface area contributed by atoms with Gasteiger partial charge in [0, 0.05) is 25.8 Å². The number of H-pyrrole nitrogens is 1. The van der Waals surface area contributed by atoms with Gasteiger partial charge in [0.25, 0.3) is 11.5 Å². The van der Waals surface area contributed by atoms with Crippen molar-refractivity contribution in [2.45, 2.75) is 25.5 Å². The summed E-state index contributed by atoms with van der Waals surface area (Å²) in [4.78, 5) is 39.0. The quantitative estimate of drug-likeness (QED) is 0.811. The van der Waals surface area contributed by atoms with Gasteiger partial charge in [0.15, 0.2) is 0 Å². The van der Waals surface area contributed by atoms with E-state index in [1.165, 1.54) is 18.1 Å². The van der Waals surface area contributed by atoms with E-state index in [9.17, 15) is 19.5 Å². The summed E-state index contributed by atoms with van der Waals surface area (Å²) in [6.45, 7) is 1.87. The molecule has 1 aromatic heterocycles. The van der Waals surface area contributed by atoms with Gasteiger partial charge >= 0.3 is 5.97 Å². The molecule has 1 aromatic rings. The van der Waals surface area contributed by atoms with Crippen LogP contribution in [0.15, 0.2) is 16.9 Å². The second-order valence-corrected chi connectivity index (χ2v) is 4.79. The zero-order valence-electron chi connectivity index (χ0n) is 11.3. The number of nitrogens with zero attached hydrogens (tertiary/aromatic N) is 1. The number of likely N-dealkylation sites (tertiary alicyclic amines) is 1. The van der Waals surface area contributed by atoms with E-state index < -0.39 is 23.5 Å². The molecular formula is C13H16N2O5. The lowest BCUT2D eigenvalue weighted by Crippen LogP contribution is -2.42. The van der Waals surface area contributed by atoms with Gasteiger partial charge in [-0.1, -0.05) is 0 Å². The summed E-state index contributed by atoms with van der Waals surface area (Å²) < 4.78 is 5.11. The Labute approximate surface area is 115 Å². The van der Waals surface area contributed by atoms with E-state index in [4.69, 9.17) is 4.74 Å². The van der Waals surface area contributed by atoms with Gasteiger partial charge in [-0.3, -0.25) is 9.59 Å². The van der Waals surface area contributed by atoms with Gasteiger partial charge in [0.2, 0.25) is 0 Å². The number of pyridine rings is 1. The number of carboxylic acids is 1. The maximum atomic E-state index is 12.3. The first-order chi connectivity index (χ1) is 9.43. The van der Waals surface area contributed by atoms with E-state index in [0.717, 1.165) is 0 Å². The molecule has 1 aliphatic heterocycles. The van der Waals surface area contributed by atoms with Crippen molar-refractivity contribution in [2.24, 2.45) is 0 Å². The smallest absolute Gasteiger partial charge is 0.326 e. The van der Waals surface area contributed by atoms with Crippen LogP contribution >= 0.6 is 0 Å². The van der Waals surface area contributed by atoms with E-state index >= 15 is 0 Å². The van der Waals surface area contributed by atoms with Crippen molar-refractivity contribution in [3.8, 4) is 0 Å². The number of hydrogen-bond donors (Lipinski definition) is 2. The van der Waals surface area contributed by atoms with Gasteiger partial charge < -0.3 is 19.7 Å².